The molecule has 7 nitrogen and oxygen atoms in total. The first-order valence-electron chi connectivity index (χ1n) is 8.90. The van der Waals surface area contributed by atoms with Crippen molar-refractivity contribution in [3.8, 4) is 5.88 Å². The van der Waals surface area contributed by atoms with Gasteiger partial charge in [-0.1, -0.05) is 30.3 Å². The lowest BCUT2D eigenvalue weighted by Crippen LogP contribution is -2.67. The van der Waals surface area contributed by atoms with Crippen molar-refractivity contribution in [1.29, 1.82) is 0 Å². The van der Waals surface area contributed by atoms with Crippen LogP contribution in [0.4, 0.5) is 0 Å². The molecule has 0 radical (unpaired) electrons. The fraction of sp³-hybridized carbons (Fsp3) is 0.350. The Labute approximate surface area is 157 Å². The zero-order chi connectivity index (χ0) is 18.9. The lowest BCUT2D eigenvalue weighted by atomic mass is 9.77. The minimum atomic E-state index is -0.606. The molecule has 2 aromatic rings. The largest absolute Gasteiger partial charge is 0.481 e. The highest BCUT2D eigenvalue weighted by molar-refractivity contribution is 5.94. The molecule has 1 aromatic carbocycles. The number of fused-ring (bicyclic) bond motifs is 1. The second-order valence-electron chi connectivity index (χ2n) is 6.78. The third-order valence-corrected chi connectivity index (χ3v) is 5.26. The highest BCUT2D eigenvalue weighted by Gasteiger charge is 2.49. The van der Waals surface area contributed by atoms with Crippen molar-refractivity contribution in [3.05, 3.63) is 59.8 Å². The minimum absolute atomic E-state index is 0.00533. The molecule has 27 heavy (non-hydrogen) atoms. The number of aromatic nitrogens is 1. The fourth-order valence-corrected chi connectivity index (χ4v) is 3.85. The maximum absolute atomic E-state index is 12.9. The summed E-state index contributed by atoms with van der Waals surface area (Å²) in [5.41, 5.74) is 0.898. The van der Waals surface area contributed by atoms with E-state index >= 15 is 0 Å². The zero-order valence-corrected chi connectivity index (χ0v) is 15.1. The van der Waals surface area contributed by atoms with Crippen molar-refractivity contribution in [1.82, 2.24) is 15.2 Å². The highest BCUT2D eigenvalue weighted by atomic mass is 16.5. The van der Waals surface area contributed by atoms with Crippen LogP contribution < -0.4 is 10.1 Å². The van der Waals surface area contributed by atoms with Gasteiger partial charge in [-0.2, -0.15) is 0 Å². The number of nitrogens with zero attached hydrogens (tertiary/aromatic N) is 2. The molecule has 2 aliphatic heterocycles. The summed E-state index contributed by atoms with van der Waals surface area (Å²) in [7, 11) is 1.53. The van der Waals surface area contributed by atoms with Gasteiger partial charge in [-0.25, -0.2) is 4.98 Å². The van der Waals surface area contributed by atoms with E-state index < -0.39 is 5.54 Å². The molecular weight excluding hydrogens is 346 g/mol. The third kappa shape index (κ3) is 3.14. The Morgan fingerprint density at radius 3 is 2.81 bits per heavy atom. The van der Waals surface area contributed by atoms with Crippen molar-refractivity contribution in [3.63, 3.8) is 0 Å². The van der Waals surface area contributed by atoms with Gasteiger partial charge in [0.05, 0.1) is 18.2 Å². The van der Waals surface area contributed by atoms with E-state index in [1.165, 1.54) is 13.3 Å². The maximum atomic E-state index is 12.9. The molecule has 2 fully saturated rings. The topological polar surface area (TPSA) is 80.8 Å². The van der Waals surface area contributed by atoms with Crippen LogP contribution in [-0.2, 0) is 15.1 Å². The van der Waals surface area contributed by atoms with E-state index in [1.807, 2.05) is 30.3 Å². The summed E-state index contributed by atoms with van der Waals surface area (Å²) in [4.78, 5) is 30.8. The molecular formula is C20H21N3O4. The van der Waals surface area contributed by atoms with Crippen molar-refractivity contribution >= 4 is 11.8 Å². The van der Waals surface area contributed by atoms with E-state index in [9.17, 15) is 9.59 Å². The Kier molecular flexibility index (Phi) is 4.53. The number of carbonyl (C=O) groups is 2. The smallest absolute Gasteiger partial charge is 0.255 e. The van der Waals surface area contributed by atoms with Gasteiger partial charge in [0.1, 0.15) is 12.7 Å². The number of rotatable bonds is 3. The average Bonchev–Trinajstić information content (AvgIpc) is 2.73. The molecule has 2 saturated heterocycles. The molecule has 0 bridgehead atoms. The van der Waals surface area contributed by atoms with Crippen molar-refractivity contribution in [2.45, 2.75) is 18.1 Å². The normalized spacial score (nSPS) is 24.7. The predicted octanol–water partition coefficient (Wildman–Crippen LogP) is 1.35. The average molecular weight is 367 g/mol. The summed E-state index contributed by atoms with van der Waals surface area (Å²) in [6, 6.07) is 13.2. The third-order valence-electron chi connectivity index (χ3n) is 5.26. The number of carbonyl (C=O) groups excluding carboxylic acids is 2. The molecule has 140 valence electrons. The zero-order valence-electron chi connectivity index (χ0n) is 15.1. The SMILES string of the molecule is COc1ccc(C(=O)N2CC[C@@]3(c4ccccc4)NC(=O)CO[C@@H]3C2)cn1. The molecule has 2 atom stereocenters. The summed E-state index contributed by atoms with van der Waals surface area (Å²) in [6.45, 7) is 0.922. The Bertz CT molecular complexity index is 840. The van der Waals surface area contributed by atoms with Crippen molar-refractivity contribution < 1.29 is 19.1 Å². The quantitative estimate of drug-likeness (QED) is 0.886. The summed E-state index contributed by atoms with van der Waals surface area (Å²) >= 11 is 0. The fourth-order valence-electron chi connectivity index (χ4n) is 3.85. The van der Waals surface area contributed by atoms with Crippen LogP contribution in [0.5, 0.6) is 5.88 Å². The summed E-state index contributed by atoms with van der Waals surface area (Å²) < 4.78 is 10.9. The standard InChI is InChI=1S/C20H21N3O4/c1-26-18-8-7-14(11-21-18)19(25)23-10-9-20(15-5-3-2-4-6-15)16(12-23)27-13-17(24)22-20/h2-8,11,16H,9-10,12-13H2,1H3,(H,22,24)/t16-,20+/m1/s1. The van der Waals surface area contributed by atoms with Gasteiger partial charge >= 0.3 is 0 Å². The van der Waals surface area contributed by atoms with Crippen LogP contribution in [0, 0.1) is 0 Å². The lowest BCUT2D eigenvalue weighted by molar-refractivity contribution is -0.150. The molecule has 2 amide bonds. The van der Waals surface area contributed by atoms with E-state index in [4.69, 9.17) is 9.47 Å². The first-order chi connectivity index (χ1) is 13.1. The van der Waals surface area contributed by atoms with E-state index in [2.05, 4.69) is 10.3 Å². The molecule has 2 aliphatic rings. The van der Waals surface area contributed by atoms with E-state index in [-0.39, 0.29) is 24.5 Å². The Hall–Kier alpha value is -2.93. The van der Waals surface area contributed by atoms with Crippen LogP contribution in [0.3, 0.4) is 0 Å². The van der Waals surface area contributed by atoms with Gasteiger partial charge in [-0.05, 0) is 18.1 Å². The van der Waals surface area contributed by atoms with Gasteiger partial charge in [0, 0.05) is 25.4 Å². The number of pyridine rings is 1. The number of hydrogen-bond acceptors (Lipinski definition) is 5. The lowest BCUT2D eigenvalue weighted by Gasteiger charge is -2.50. The number of benzene rings is 1. The van der Waals surface area contributed by atoms with Gasteiger partial charge < -0.3 is 19.7 Å². The molecule has 0 aliphatic carbocycles. The highest BCUT2D eigenvalue weighted by Crippen LogP contribution is 2.37. The summed E-state index contributed by atoms with van der Waals surface area (Å²) in [5, 5.41) is 3.13. The molecule has 1 N–H and O–H groups in total. The number of amides is 2. The molecule has 0 saturated carbocycles. The van der Waals surface area contributed by atoms with E-state index in [1.54, 1.807) is 17.0 Å². The van der Waals surface area contributed by atoms with E-state index in [0.29, 0.717) is 31.0 Å². The van der Waals surface area contributed by atoms with Crippen molar-refractivity contribution in [2.24, 2.45) is 0 Å². The van der Waals surface area contributed by atoms with Crippen LogP contribution in [-0.4, -0.2) is 54.6 Å². The Morgan fingerprint density at radius 2 is 2.11 bits per heavy atom. The monoisotopic (exact) mass is 367 g/mol. The van der Waals surface area contributed by atoms with Gasteiger partial charge in [-0.15, -0.1) is 0 Å². The van der Waals surface area contributed by atoms with Crippen LogP contribution in [0.25, 0.3) is 0 Å². The van der Waals surface area contributed by atoms with Crippen molar-refractivity contribution in [2.75, 3.05) is 26.8 Å². The first kappa shape index (κ1) is 17.5. The van der Waals surface area contributed by atoms with Crippen LogP contribution in [0.1, 0.15) is 22.3 Å². The van der Waals surface area contributed by atoms with Gasteiger partial charge in [-0.3, -0.25) is 9.59 Å². The molecule has 0 unspecified atom stereocenters. The number of likely N-dealkylation sites (tertiary alicyclic amines) is 1. The van der Waals surface area contributed by atoms with Gasteiger partial charge in [0.25, 0.3) is 5.91 Å². The summed E-state index contributed by atoms with van der Waals surface area (Å²) in [5.74, 6) is 0.230. The van der Waals surface area contributed by atoms with Gasteiger partial charge in [0.2, 0.25) is 11.8 Å². The van der Waals surface area contributed by atoms with E-state index in [0.717, 1.165) is 5.56 Å². The maximum Gasteiger partial charge on any atom is 0.255 e. The van der Waals surface area contributed by atoms with Crippen LogP contribution in [0.2, 0.25) is 0 Å². The van der Waals surface area contributed by atoms with Gasteiger partial charge in [0.15, 0.2) is 0 Å². The molecule has 4 rings (SSSR count). The minimum Gasteiger partial charge on any atom is -0.481 e. The second-order valence-corrected chi connectivity index (χ2v) is 6.78. The van der Waals surface area contributed by atoms with Crippen LogP contribution >= 0.6 is 0 Å². The number of piperidine rings is 1. The number of nitrogens with one attached hydrogen (secondary N) is 1. The number of hydrogen-bond donors (Lipinski definition) is 1. The Balaban J connectivity index is 1.58. The number of ether oxygens (including phenoxy) is 2. The molecule has 7 heteroatoms. The molecule has 0 spiro atoms. The first-order valence-corrected chi connectivity index (χ1v) is 8.90. The Morgan fingerprint density at radius 1 is 1.30 bits per heavy atom. The second kappa shape index (κ2) is 7.00. The number of methoxy groups -OCH3 is 1. The predicted molar refractivity (Wildman–Crippen MR) is 97.3 cm³/mol. The summed E-state index contributed by atoms with van der Waals surface area (Å²) in [6.07, 6.45) is 1.80. The molecule has 1 aromatic heterocycles. The number of morpholine rings is 1. The van der Waals surface area contributed by atoms with Crippen LogP contribution in [0.15, 0.2) is 48.7 Å². The molecule has 3 heterocycles.